The van der Waals surface area contributed by atoms with E-state index < -0.39 is 28.1 Å². The van der Waals surface area contributed by atoms with E-state index in [-0.39, 0.29) is 27.9 Å². The number of rotatable bonds is 5. The van der Waals surface area contributed by atoms with Gasteiger partial charge in [-0.1, -0.05) is 11.8 Å². The number of nitrogens with zero attached hydrogens (tertiary/aromatic N) is 4. The molecule has 0 fully saturated rings. The fraction of sp³-hybridized carbons (Fsp3) is 0.294. The van der Waals surface area contributed by atoms with Gasteiger partial charge >= 0.3 is 17.5 Å². The Hall–Kier alpha value is -3.39. The van der Waals surface area contributed by atoms with Crippen LogP contribution in [-0.2, 0) is 4.74 Å². The minimum absolute atomic E-state index is 0.0221. The van der Waals surface area contributed by atoms with Gasteiger partial charge in [-0.3, -0.25) is 10.1 Å². The van der Waals surface area contributed by atoms with Gasteiger partial charge in [0.1, 0.15) is 16.9 Å². The van der Waals surface area contributed by atoms with Crippen LogP contribution in [0.15, 0.2) is 23.4 Å². The van der Waals surface area contributed by atoms with Crippen molar-refractivity contribution >= 4 is 29.2 Å². The number of benzene rings is 1. The molecule has 28 heavy (non-hydrogen) atoms. The number of hydrogen-bond acceptors (Lipinski definition) is 10. The fourth-order valence-electron chi connectivity index (χ4n) is 2.05. The van der Waals surface area contributed by atoms with E-state index in [1.807, 2.05) is 6.07 Å². The Labute approximate surface area is 164 Å². The van der Waals surface area contributed by atoms with Crippen LogP contribution in [0.2, 0.25) is 0 Å². The Morgan fingerprint density at radius 2 is 2.04 bits per heavy atom. The van der Waals surface area contributed by atoms with Crippen molar-refractivity contribution in [2.24, 2.45) is 0 Å². The van der Waals surface area contributed by atoms with Crippen LogP contribution in [-0.4, -0.2) is 32.7 Å². The van der Waals surface area contributed by atoms with Gasteiger partial charge in [0.15, 0.2) is 5.16 Å². The molecule has 1 heterocycles. The summed E-state index contributed by atoms with van der Waals surface area (Å²) in [5.41, 5.74) is 4.39. The summed E-state index contributed by atoms with van der Waals surface area (Å²) in [4.78, 5) is 30.9. The number of hydrogen-bond donors (Lipinski definition) is 1. The molecule has 2 rings (SSSR count). The monoisotopic (exact) mass is 403 g/mol. The number of nitro groups is 1. The van der Waals surface area contributed by atoms with Gasteiger partial charge in [-0.25, -0.2) is 4.79 Å². The Morgan fingerprint density at radius 1 is 1.36 bits per heavy atom. The van der Waals surface area contributed by atoms with Crippen molar-refractivity contribution in [1.29, 1.82) is 5.26 Å². The summed E-state index contributed by atoms with van der Waals surface area (Å²) < 4.78 is 10.9. The number of thioether (sulfide) groups is 1. The second-order valence-electron chi connectivity index (χ2n) is 6.43. The maximum absolute atomic E-state index is 12.5. The maximum atomic E-state index is 12.5. The topological polar surface area (TPSA) is 154 Å². The van der Waals surface area contributed by atoms with Crippen LogP contribution >= 0.6 is 11.8 Å². The van der Waals surface area contributed by atoms with Crippen molar-refractivity contribution in [3.8, 4) is 17.7 Å². The van der Waals surface area contributed by atoms with Gasteiger partial charge in [0.05, 0.1) is 16.6 Å². The lowest BCUT2D eigenvalue weighted by molar-refractivity contribution is -0.385. The molecule has 2 N–H and O–H groups in total. The number of esters is 1. The van der Waals surface area contributed by atoms with Crippen LogP contribution in [0.1, 0.15) is 36.7 Å². The zero-order chi connectivity index (χ0) is 21.1. The highest BCUT2D eigenvalue weighted by Crippen LogP contribution is 2.36. The standard InChI is InChI=1S/C17H17N5O5S/c1-17(2,3)27-15(23)10-6-5-9(8-18)7-11(10)26-14-12(22(24)25)13(19)20-16(21-14)28-4/h5-7H,1-4H3,(H2,19,20,21). The van der Waals surface area contributed by atoms with Gasteiger partial charge in [-0.15, -0.1) is 0 Å². The molecule has 0 aliphatic rings. The van der Waals surface area contributed by atoms with E-state index >= 15 is 0 Å². The maximum Gasteiger partial charge on any atom is 0.373 e. The van der Waals surface area contributed by atoms with Crippen LogP contribution in [0.25, 0.3) is 0 Å². The van der Waals surface area contributed by atoms with E-state index in [4.69, 9.17) is 20.5 Å². The summed E-state index contributed by atoms with van der Waals surface area (Å²) in [5, 5.41) is 20.7. The largest absolute Gasteiger partial charge is 0.456 e. The SMILES string of the molecule is CSc1nc(N)c([N+](=O)[O-])c(Oc2cc(C#N)ccc2C(=O)OC(C)(C)C)n1. The summed E-state index contributed by atoms with van der Waals surface area (Å²) in [5.74, 6) is -1.67. The Bertz CT molecular complexity index is 981. The lowest BCUT2D eigenvalue weighted by Crippen LogP contribution is -2.24. The van der Waals surface area contributed by atoms with Gasteiger partial charge < -0.3 is 15.2 Å². The number of nitrogens with two attached hydrogens (primary N) is 1. The Kier molecular flexibility index (Phi) is 6.05. The predicted octanol–water partition coefficient (Wildman–Crippen LogP) is 3.31. The molecule has 0 radical (unpaired) electrons. The van der Waals surface area contributed by atoms with Gasteiger partial charge in [-0.05, 0) is 45.2 Å². The first-order valence-corrected chi connectivity index (χ1v) is 9.09. The summed E-state index contributed by atoms with van der Waals surface area (Å²) in [6, 6.07) is 5.92. The predicted molar refractivity (Wildman–Crippen MR) is 101 cm³/mol. The molecule has 0 bridgehead atoms. The first-order chi connectivity index (χ1) is 13.1. The Balaban J connectivity index is 2.60. The quantitative estimate of drug-likeness (QED) is 0.258. The summed E-state index contributed by atoms with van der Waals surface area (Å²) in [6.45, 7) is 5.07. The van der Waals surface area contributed by atoms with Crippen molar-refractivity contribution in [1.82, 2.24) is 9.97 Å². The molecule has 0 aliphatic carbocycles. The zero-order valence-corrected chi connectivity index (χ0v) is 16.4. The minimum atomic E-state index is -0.782. The number of anilines is 1. The summed E-state index contributed by atoms with van der Waals surface area (Å²) in [6.07, 6.45) is 1.66. The average Bonchev–Trinajstić information content (AvgIpc) is 2.59. The highest BCUT2D eigenvalue weighted by Gasteiger charge is 2.28. The molecule has 2 aromatic rings. The van der Waals surface area contributed by atoms with Crippen molar-refractivity contribution < 1.29 is 19.2 Å². The second kappa shape index (κ2) is 8.10. The number of ether oxygens (including phenoxy) is 2. The third-order valence-electron chi connectivity index (χ3n) is 3.16. The van der Waals surface area contributed by atoms with Crippen molar-refractivity contribution in [2.45, 2.75) is 31.5 Å². The van der Waals surface area contributed by atoms with E-state index in [0.717, 1.165) is 11.8 Å². The smallest absolute Gasteiger partial charge is 0.373 e. The van der Waals surface area contributed by atoms with Crippen molar-refractivity contribution in [3.05, 3.63) is 39.4 Å². The molecule has 1 aromatic heterocycles. The van der Waals surface area contributed by atoms with Crippen LogP contribution in [0.3, 0.4) is 0 Å². The number of nitriles is 1. The number of carbonyl (C=O) groups is 1. The molecule has 0 unspecified atom stereocenters. The van der Waals surface area contributed by atoms with E-state index in [1.54, 1.807) is 27.0 Å². The molecule has 0 spiro atoms. The molecule has 146 valence electrons. The molecule has 0 atom stereocenters. The van der Waals surface area contributed by atoms with E-state index in [2.05, 4.69) is 9.97 Å². The first-order valence-electron chi connectivity index (χ1n) is 7.87. The lowest BCUT2D eigenvalue weighted by atomic mass is 10.1. The summed E-state index contributed by atoms with van der Waals surface area (Å²) in [7, 11) is 0. The van der Waals surface area contributed by atoms with Crippen molar-refractivity contribution in [3.63, 3.8) is 0 Å². The van der Waals surface area contributed by atoms with Crippen LogP contribution in [0.5, 0.6) is 11.6 Å². The fourth-order valence-corrected chi connectivity index (χ4v) is 2.41. The molecule has 0 aliphatic heterocycles. The van der Waals surface area contributed by atoms with Crippen LogP contribution in [0, 0.1) is 21.4 Å². The number of nitrogen functional groups attached to an aromatic ring is 1. The van der Waals surface area contributed by atoms with Gasteiger partial charge in [0, 0.05) is 0 Å². The van der Waals surface area contributed by atoms with Crippen LogP contribution < -0.4 is 10.5 Å². The molecule has 10 nitrogen and oxygen atoms in total. The molecule has 1 aromatic carbocycles. The molecular weight excluding hydrogens is 386 g/mol. The lowest BCUT2D eigenvalue weighted by Gasteiger charge is -2.20. The van der Waals surface area contributed by atoms with Gasteiger partial charge in [-0.2, -0.15) is 15.2 Å². The molecule has 0 amide bonds. The van der Waals surface area contributed by atoms with Gasteiger partial charge in [0.2, 0.25) is 5.82 Å². The number of carbonyl (C=O) groups excluding carboxylic acids is 1. The van der Waals surface area contributed by atoms with E-state index in [0.29, 0.717) is 0 Å². The van der Waals surface area contributed by atoms with Gasteiger partial charge in [0.25, 0.3) is 0 Å². The zero-order valence-electron chi connectivity index (χ0n) is 15.5. The third kappa shape index (κ3) is 4.86. The normalized spacial score (nSPS) is 10.8. The molecule has 0 saturated heterocycles. The highest BCUT2D eigenvalue weighted by molar-refractivity contribution is 7.98. The second-order valence-corrected chi connectivity index (χ2v) is 7.21. The molecule has 11 heteroatoms. The molecular formula is C17H17N5O5S. The van der Waals surface area contributed by atoms with Crippen LogP contribution in [0.4, 0.5) is 11.5 Å². The van der Waals surface area contributed by atoms with E-state index in [9.17, 15) is 14.9 Å². The van der Waals surface area contributed by atoms with E-state index in [1.165, 1.54) is 18.2 Å². The number of aromatic nitrogens is 2. The minimum Gasteiger partial charge on any atom is -0.456 e. The highest BCUT2D eigenvalue weighted by atomic mass is 32.2. The molecule has 0 saturated carbocycles. The van der Waals surface area contributed by atoms with Crippen molar-refractivity contribution in [2.75, 3.05) is 12.0 Å². The first kappa shape index (κ1) is 20.9. The average molecular weight is 403 g/mol. The third-order valence-corrected chi connectivity index (χ3v) is 3.71. The summed E-state index contributed by atoms with van der Waals surface area (Å²) >= 11 is 1.11. The Morgan fingerprint density at radius 3 is 2.57 bits per heavy atom.